The Balaban J connectivity index is 1.69. The lowest BCUT2D eigenvalue weighted by Crippen LogP contribution is -2.29. The van der Waals surface area contributed by atoms with Crippen LogP contribution in [0.3, 0.4) is 0 Å². The van der Waals surface area contributed by atoms with E-state index in [1.165, 1.54) is 0 Å². The van der Waals surface area contributed by atoms with E-state index in [1.807, 2.05) is 42.5 Å². The molecule has 2 aromatic carbocycles. The number of ether oxygens (including phenoxy) is 1. The third-order valence-electron chi connectivity index (χ3n) is 3.27. The first-order valence-electron chi connectivity index (χ1n) is 7.42. The van der Waals surface area contributed by atoms with Gasteiger partial charge in [0, 0.05) is 12.2 Å². The van der Waals surface area contributed by atoms with E-state index in [4.69, 9.17) is 4.74 Å². The van der Waals surface area contributed by atoms with Crippen LogP contribution in [0.2, 0.25) is 0 Å². The maximum atomic E-state index is 11.7. The molecule has 0 bridgehead atoms. The van der Waals surface area contributed by atoms with E-state index in [2.05, 4.69) is 10.6 Å². The van der Waals surface area contributed by atoms with E-state index in [1.54, 1.807) is 19.2 Å². The zero-order valence-corrected chi connectivity index (χ0v) is 13.0. The van der Waals surface area contributed by atoms with Crippen molar-refractivity contribution in [2.75, 3.05) is 19.0 Å². The summed E-state index contributed by atoms with van der Waals surface area (Å²) in [4.78, 5) is 23.5. The predicted molar refractivity (Wildman–Crippen MR) is 89.4 cm³/mol. The molecule has 0 fully saturated rings. The molecule has 0 aromatic heterocycles. The quantitative estimate of drug-likeness (QED) is 0.771. The van der Waals surface area contributed by atoms with E-state index in [0.717, 1.165) is 11.3 Å². The summed E-state index contributed by atoms with van der Waals surface area (Å²) in [5, 5.41) is 5.43. The Bertz CT molecular complexity index is 639. The summed E-state index contributed by atoms with van der Waals surface area (Å²) < 4.78 is 5.09. The summed E-state index contributed by atoms with van der Waals surface area (Å²) in [6.07, 6.45) is 0.521. The average molecular weight is 312 g/mol. The highest BCUT2D eigenvalue weighted by molar-refractivity contribution is 6.03. The van der Waals surface area contributed by atoms with E-state index < -0.39 is 0 Å². The van der Waals surface area contributed by atoms with Crippen molar-refractivity contribution in [3.05, 3.63) is 60.2 Å². The van der Waals surface area contributed by atoms with Crippen LogP contribution in [0.4, 0.5) is 5.69 Å². The SMILES string of the molecule is COc1ccc(CCNC(=O)CC(=O)Nc2ccccc2)cc1. The number of methoxy groups -OCH3 is 1. The number of amides is 2. The second-order valence-corrected chi connectivity index (χ2v) is 5.04. The molecule has 0 atom stereocenters. The standard InChI is InChI=1S/C18H20N2O3/c1-23-16-9-7-14(8-10-16)11-12-19-17(21)13-18(22)20-15-5-3-2-4-6-15/h2-10H,11-13H2,1H3,(H,19,21)(H,20,22). The Morgan fingerprint density at radius 1 is 0.957 bits per heavy atom. The summed E-state index contributed by atoms with van der Waals surface area (Å²) in [7, 11) is 1.62. The van der Waals surface area contributed by atoms with Gasteiger partial charge in [-0.05, 0) is 36.2 Å². The summed E-state index contributed by atoms with van der Waals surface area (Å²) in [5.74, 6) is 0.195. The maximum absolute atomic E-state index is 11.7. The van der Waals surface area contributed by atoms with Crippen LogP contribution in [-0.4, -0.2) is 25.5 Å². The minimum atomic E-state index is -0.321. The lowest BCUT2D eigenvalue weighted by atomic mass is 10.1. The molecule has 0 spiro atoms. The van der Waals surface area contributed by atoms with Crippen molar-refractivity contribution in [2.45, 2.75) is 12.8 Å². The number of carbonyl (C=O) groups excluding carboxylic acids is 2. The fourth-order valence-electron chi connectivity index (χ4n) is 2.07. The van der Waals surface area contributed by atoms with Crippen LogP contribution in [0.1, 0.15) is 12.0 Å². The van der Waals surface area contributed by atoms with Crippen LogP contribution in [-0.2, 0) is 16.0 Å². The predicted octanol–water partition coefficient (Wildman–Crippen LogP) is 2.38. The first-order chi connectivity index (χ1) is 11.2. The lowest BCUT2D eigenvalue weighted by molar-refractivity contribution is -0.126. The number of hydrogen-bond donors (Lipinski definition) is 2. The molecule has 0 aliphatic rings. The molecule has 2 aromatic rings. The molecule has 2 rings (SSSR count). The highest BCUT2D eigenvalue weighted by Crippen LogP contribution is 2.11. The van der Waals surface area contributed by atoms with E-state index >= 15 is 0 Å². The van der Waals surface area contributed by atoms with Gasteiger partial charge in [0.2, 0.25) is 11.8 Å². The number of carbonyl (C=O) groups is 2. The molecule has 120 valence electrons. The number of nitrogens with one attached hydrogen (secondary N) is 2. The fraction of sp³-hybridized carbons (Fsp3) is 0.222. The molecule has 2 N–H and O–H groups in total. The molecular weight excluding hydrogens is 292 g/mol. The molecule has 5 heteroatoms. The first-order valence-corrected chi connectivity index (χ1v) is 7.42. The molecule has 0 saturated carbocycles. The van der Waals surface area contributed by atoms with Gasteiger partial charge < -0.3 is 15.4 Å². The van der Waals surface area contributed by atoms with Gasteiger partial charge in [0.1, 0.15) is 12.2 Å². The van der Waals surface area contributed by atoms with Crippen molar-refractivity contribution in [3.63, 3.8) is 0 Å². The summed E-state index contributed by atoms with van der Waals surface area (Å²) >= 11 is 0. The molecule has 0 aliphatic carbocycles. The average Bonchev–Trinajstić information content (AvgIpc) is 2.56. The van der Waals surface area contributed by atoms with Crippen molar-refractivity contribution in [2.24, 2.45) is 0 Å². The van der Waals surface area contributed by atoms with Gasteiger partial charge in [-0.25, -0.2) is 0 Å². The Labute approximate surface area is 135 Å². The van der Waals surface area contributed by atoms with E-state index in [9.17, 15) is 9.59 Å². The maximum Gasteiger partial charge on any atom is 0.233 e. The zero-order valence-electron chi connectivity index (χ0n) is 13.0. The Morgan fingerprint density at radius 2 is 1.65 bits per heavy atom. The van der Waals surface area contributed by atoms with Crippen molar-refractivity contribution < 1.29 is 14.3 Å². The Hall–Kier alpha value is -2.82. The molecule has 0 heterocycles. The highest BCUT2D eigenvalue weighted by atomic mass is 16.5. The summed E-state index contributed by atoms with van der Waals surface area (Å²) in [5.41, 5.74) is 1.78. The van der Waals surface area contributed by atoms with Gasteiger partial charge >= 0.3 is 0 Å². The Morgan fingerprint density at radius 3 is 2.30 bits per heavy atom. The van der Waals surface area contributed by atoms with E-state index in [-0.39, 0.29) is 18.2 Å². The molecule has 2 amide bonds. The van der Waals surface area contributed by atoms with Gasteiger partial charge in [-0.15, -0.1) is 0 Å². The van der Waals surface area contributed by atoms with Crippen LogP contribution >= 0.6 is 0 Å². The molecular formula is C18H20N2O3. The molecule has 0 radical (unpaired) electrons. The Kier molecular flexibility index (Phi) is 6.17. The first kappa shape index (κ1) is 16.5. The third kappa shape index (κ3) is 5.82. The van der Waals surface area contributed by atoms with E-state index in [0.29, 0.717) is 18.7 Å². The van der Waals surface area contributed by atoms with Gasteiger partial charge in [-0.3, -0.25) is 9.59 Å². The molecule has 23 heavy (non-hydrogen) atoms. The van der Waals surface area contributed by atoms with Gasteiger partial charge in [-0.1, -0.05) is 30.3 Å². The topological polar surface area (TPSA) is 67.4 Å². The molecule has 0 aliphatic heterocycles. The monoisotopic (exact) mass is 312 g/mol. The summed E-state index contributed by atoms with van der Waals surface area (Å²) in [6.45, 7) is 0.490. The van der Waals surface area contributed by atoms with Crippen molar-refractivity contribution >= 4 is 17.5 Å². The van der Waals surface area contributed by atoms with Gasteiger partial charge in [0.05, 0.1) is 7.11 Å². The minimum absolute atomic E-state index is 0.183. The smallest absolute Gasteiger partial charge is 0.233 e. The number of rotatable bonds is 7. The fourth-order valence-corrected chi connectivity index (χ4v) is 2.07. The number of anilines is 1. The van der Waals surface area contributed by atoms with Gasteiger partial charge in [-0.2, -0.15) is 0 Å². The largest absolute Gasteiger partial charge is 0.497 e. The molecule has 0 saturated heterocycles. The number of benzene rings is 2. The van der Waals surface area contributed by atoms with Crippen LogP contribution in [0.15, 0.2) is 54.6 Å². The molecule has 0 unspecified atom stereocenters. The molecule has 5 nitrogen and oxygen atoms in total. The minimum Gasteiger partial charge on any atom is -0.497 e. The van der Waals surface area contributed by atoms with Crippen molar-refractivity contribution in [1.29, 1.82) is 0 Å². The normalized spacial score (nSPS) is 9.96. The van der Waals surface area contributed by atoms with Crippen LogP contribution in [0.5, 0.6) is 5.75 Å². The van der Waals surface area contributed by atoms with Crippen LogP contribution in [0.25, 0.3) is 0 Å². The van der Waals surface area contributed by atoms with Crippen LogP contribution in [0, 0.1) is 0 Å². The van der Waals surface area contributed by atoms with Crippen molar-refractivity contribution in [1.82, 2.24) is 5.32 Å². The van der Waals surface area contributed by atoms with Crippen LogP contribution < -0.4 is 15.4 Å². The highest BCUT2D eigenvalue weighted by Gasteiger charge is 2.09. The number of hydrogen-bond acceptors (Lipinski definition) is 3. The lowest BCUT2D eigenvalue weighted by Gasteiger charge is -2.07. The zero-order chi connectivity index (χ0) is 16.5. The van der Waals surface area contributed by atoms with Crippen molar-refractivity contribution in [3.8, 4) is 5.75 Å². The number of para-hydroxylation sites is 1. The second kappa shape index (κ2) is 8.58. The van der Waals surface area contributed by atoms with Gasteiger partial charge in [0.15, 0.2) is 0 Å². The summed E-state index contributed by atoms with van der Waals surface area (Å²) in [6, 6.07) is 16.7. The third-order valence-corrected chi connectivity index (χ3v) is 3.27. The van der Waals surface area contributed by atoms with Gasteiger partial charge in [0.25, 0.3) is 0 Å². The second-order valence-electron chi connectivity index (χ2n) is 5.04.